The number of anilines is 3. The van der Waals surface area contributed by atoms with E-state index in [2.05, 4.69) is 94.7 Å². The molecule has 2 fully saturated rings. The predicted octanol–water partition coefficient (Wildman–Crippen LogP) is 7.23. The van der Waals surface area contributed by atoms with Crippen molar-refractivity contribution in [1.82, 2.24) is 9.88 Å². The molecular formula is C34H41N5. The summed E-state index contributed by atoms with van der Waals surface area (Å²) < 4.78 is 0. The molecule has 1 aromatic heterocycles. The average molecular weight is 520 g/mol. The first-order valence-electron chi connectivity index (χ1n) is 14.1. The number of hydrogen-bond acceptors (Lipinski definition) is 5. The molecule has 3 aromatic carbocycles. The lowest BCUT2D eigenvalue weighted by Crippen LogP contribution is -2.46. The van der Waals surface area contributed by atoms with Crippen molar-refractivity contribution in [2.24, 2.45) is 0 Å². The number of hydrogen-bond donors (Lipinski definition) is 2. The van der Waals surface area contributed by atoms with Gasteiger partial charge in [-0.3, -0.25) is 9.88 Å². The molecule has 39 heavy (non-hydrogen) atoms. The predicted molar refractivity (Wildman–Crippen MR) is 166 cm³/mol. The molecule has 1 saturated carbocycles. The number of fused-ring (bicyclic) bond motifs is 1. The smallest absolute Gasteiger partial charge is 0.0727 e. The Morgan fingerprint density at radius 3 is 2.31 bits per heavy atom. The van der Waals surface area contributed by atoms with Crippen molar-refractivity contribution >= 4 is 28.0 Å². The number of benzene rings is 3. The number of nitrogens with two attached hydrogens (primary N) is 1. The number of nitrogens with zero attached hydrogens (tertiary/aromatic N) is 3. The van der Waals surface area contributed by atoms with Gasteiger partial charge < -0.3 is 16.0 Å². The fraction of sp³-hybridized carbons (Fsp3) is 0.324. The summed E-state index contributed by atoms with van der Waals surface area (Å²) >= 11 is 0. The van der Waals surface area contributed by atoms with Gasteiger partial charge in [0.1, 0.15) is 0 Å². The van der Waals surface area contributed by atoms with Gasteiger partial charge in [-0.25, -0.2) is 0 Å². The van der Waals surface area contributed by atoms with Crippen LogP contribution in [0.15, 0.2) is 84.6 Å². The molecule has 5 nitrogen and oxygen atoms in total. The third-order valence-electron chi connectivity index (χ3n) is 7.83. The third kappa shape index (κ3) is 6.98. The first kappa shape index (κ1) is 26.8. The molecule has 0 spiro atoms. The van der Waals surface area contributed by atoms with Crippen LogP contribution < -0.4 is 16.0 Å². The summed E-state index contributed by atoms with van der Waals surface area (Å²) in [7, 11) is 0. The number of piperazine rings is 1. The van der Waals surface area contributed by atoms with Crippen molar-refractivity contribution in [3.05, 3.63) is 107 Å². The SMILES string of the molecule is Cc1cc(N)c2cc(NC=C3CCC3)ccc2n1.Cc1ccc(N2CCN(Cc3ccccc3C)CC2)cc1. The zero-order valence-corrected chi connectivity index (χ0v) is 23.6. The topological polar surface area (TPSA) is 57.4 Å². The summed E-state index contributed by atoms with van der Waals surface area (Å²) in [4.78, 5) is 9.53. The van der Waals surface area contributed by atoms with Crippen LogP contribution in [-0.2, 0) is 6.54 Å². The Bertz CT molecular complexity index is 1430. The fourth-order valence-electron chi connectivity index (χ4n) is 5.14. The van der Waals surface area contributed by atoms with Gasteiger partial charge in [0.25, 0.3) is 0 Å². The lowest BCUT2D eigenvalue weighted by molar-refractivity contribution is 0.249. The Hall–Kier alpha value is -3.83. The number of rotatable bonds is 5. The van der Waals surface area contributed by atoms with Crippen molar-refractivity contribution < 1.29 is 0 Å². The highest BCUT2D eigenvalue weighted by atomic mass is 15.3. The number of nitrogens with one attached hydrogen (secondary N) is 1. The fourth-order valence-corrected chi connectivity index (χ4v) is 5.14. The summed E-state index contributed by atoms with van der Waals surface area (Å²) in [6.07, 6.45) is 5.89. The normalized spacial score (nSPS) is 15.4. The second-order valence-corrected chi connectivity index (χ2v) is 10.9. The van der Waals surface area contributed by atoms with Crippen molar-refractivity contribution in [3.63, 3.8) is 0 Å². The Balaban J connectivity index is 0.000000160. The molecule has 0 amide bonds. The maximum absolute atomic E-state index is 6.04. The quantitative estimate of drug-likeness (QED) is 0.291. The largest absolute Gasteiger partial charge is 0.398 e. The maximum atomic E-state index is 6.04. The van der Waals surface area contributed by atoms with E-state index in [1.807, 2.05) is 25.1 Å². The molecule has 4 aromatic rings. The molecule has 2 aliphatic rings. The van der Waals surface area contributed by atoms with Crippen LogP contribution in [0.25, 0.3) is 10.9 Å². The lowest BCUT2D eigenvalue weighted by atomic mass is 9.93. The molecule has 6 rings (SSSR count). The third-order valence-corrected chi connectivity index (χ3v) is 7.83. The van der Waals surface area contributed by atoms with E-state index in [0.717, 1.165) is 60.7 Å². The summed E-state index contributed by atoms with van der Waals surface area (Å²) in [6, 6.07) is 25.6. The van der Waals surface area contributed by atoms with E-state index in [1.54, 1.807) is 0 Å². The van der Waals surface area contributed by atoms with Gasteiger partial charge in [-0.2, -0.15) is 0 Å². The molecule has 1 saturated heterocycles. The summed E-state index contributed by atoms with van der Waals surface area (Å²) in [6.45, 7) is 11.9. The average Bonchev–Trinajstić information content (AvgIpc) is 2.91. The molecule has 3 N–H and O–H groups in total. The van der Waals surface area contributed by atoms with Crippen LogP contribution in [0.2, 0.25) is 0 Å². The van der Waals surface area contributed by atoms with Gasteiger partial charge in [0.2, 0.25) is 0 Å². The van der Waals surface area contributed by atoms with Crippen LogP contribution >= 0.6 is 0 Å². The first-order valence-corrected chi connectivity index (χ1v) is 14.1. The van der Waals surface area contributed by atoms with Crippen LogP contribution in [0.3, 0.4) is 0 Å². The Labute approximate surface area is 233 Å². The lowest BCUT2D eigenvalue weighted by Gasteiger charge is -2.36. The van der Waals surface area contributed by atoms with Gasteiger partial charge in [0.15, 0.2) is 0 Å². The molecule has 0 unspecified atom stereocenters. The number of allylic oxidation sites excluding steroid dienone is 1. The zero-order chi connectivity index (χ0) is 27.2. The van der Waals surface area contributed by atoms with Gasteiger partial charge in [0, 0.05) is 67.1 Å². The summed E-state index contributed by atoms with van der Waals surface area (Å²) in [5.74, 6) is 0. The van der Waals surface area contributed by atoms with Gasteiger partial charge in [-0.1, -0.05) is 47.5 Å². The monoisotopic (exact) mass is 519 g/mol. The van der Waals surface area contributed by atoms with Crippen molar-refractivity contribution in [1.29, 1.82) is 0 Å². The van der Waals surface area contributed by atoms with E-state index in [9.17, 15) is 0 Å². The number of pyridine rings is 1. The minimum Gasteiger partial charge on any atom is -0.398 e. The van der Waals surface area contributed by atoms with Crippen molar-refractivity contribution in [2.75, 3.05) is 42.1 Å². The van der Waals surface area contributed by atoms with E-state index >= 15 is 0 Å². The molecular weight excluding hydrogens is 478 g/mol. The van der Waals surface area contributed by atoms with E-state index in [4.69, 9.17) is 5.73 Å². The van der Waals surface area contributed by atoms with E-state index in [1.165, 1.54) is 47.2 Å². The Kier molecular flexibility index (Phi) is 8.48. The highest BCUT2D eigenvalue weighted by molar-refractivity contribution is 5.92. The van der Waals surface area contributed by atoms with Crippen LogP contribution in [0, 0.1) is 20.8 Å². The number of aromatic nitrogens is 1. The van der Waals surface area contributed by atoms with E-state index in [0.29, 0.717) is 0 Å². The summed E-state index contributed by atoms with van der Waals surface area (Å²) in [5.41, 5.74) is 16.8. The van der Waals surface area contributed by atoms with Gasteiger partial charge in [-0.05, 0) is 87.6 Å². The highest BCUT2D eigenvalue weighted by Crippen LogP contribution is 2.27. The van der Waals surface area contributed by atoms with Crippen LogP contribution in [-0.4, -0.2) is 36.1 Å². The second kappa shape index (κ2) is 12.4. The maximum Gasteiger partial charge on any atom is 0.0727 e. The van der Waals surface area contributed by atoms with Crippen LogP contribution in [0.1, 0.15) is 41.6 Å². The molecule has 5 heteroatoms. The molecule has 2 heterocycles. The molecule has 0 atom stereocenters. The molecule has 0 bridgehead atoms. The molecule has 202 valence electrons. The van der Waals surface area contributed by atoms with E-state index < -0.39 is 0 Å². The van der Waals surface area contributed by atoms with E-state index in [-0.39, 0.29) is 0 Å². The zero-order valence-electron chi connectivity index (χ0n) is 23.6. The van der Waals surface area contributed by atoms with Gasteiger partial charge in [0.05, 0.1) is 5.52 Å². The Morgan fingerprint density at radius 1 is 0.872 bits per heavy atom. The number of nitrogen functional groups attached to an aromatic ring is 1. The minimum atomic E-state index is 0.789. The highest BCUT2D eigenvalue weighted by Gasteiger charge is 2.17. The Morgan fingerprint density at radius 2 is 1.62 bits per heavy atom. The van der Waals surface area contributed by atoms with Gasteiger partial charge in [-0.15, -0.1) is 0 Å². The second-order valence-electron chi connectivity index (χ2n) is 10.9. The first-order chi connectivity index (χ1) is 18.9. The molecule has 0 radical (unpaired) electrons. The van der Waals surface area contributed by atoms with Gasteiger partial charge >= 0.3 is 0 Å². The molecule has 1 aliphatic carbocycles. The van der Waals surface area contributed by atoms with Crippen molar-refractivity contribution in [3.8, 4) is 0 Å². The minimum absolute atomic E-state index is 0.789. The number of aryl methyl sites for hydroxylation is 3. The summed E-state index contributed by atoms with van der Waals surface area (Å²) in [5, 5.41) is 4.35. The van der Waals surface area contributed by atoms with Crippen LogP contribution in [0.5, 0.6) is 0 Å². The molecule has 1 aliphatic heterocycles. The standard InChI is InChI=1S/C19H24N2.C15H17N3/c1-16-7-9-19(10-8-16)21-13-11-20(12-14-21)15-18-6-4-3-5-17(18)2;1-10-7-14(16)13-8-12(5-6-15(13)18-10)17-9-11-3-2-4-11/h3-10H,11-15H2,1-2H3;5-9,17H,2-4H2,1H3,(H2,16,18). The van der Waals surface area contributed by atoms with Crippen LogP contribution in [0.4, 0.5) is 17.1 Å². The van der Waals surface area contributed by atoms with Crippen molar-refractivity contribution in [2.45, 2.75) is 46.6 Å².